The van der Waals surface area contributed by atoms with Crippen LogP contribution in [0.25, 0.3) is 0 Å². The Kier molecular flexibility index (Phi) is 5.25. The van der Waals surface area contributed by atoms with Gasteiger partial charge in [0.05, 0.1) is 6.54 Å². The Morgan fingerprint density at radius 2 is 2.00 bits per heavy atom. The number of aliphatic carboxylic acids is 1. The van der Waals surface area contributed by atoms with Crippen molar-refractivity contribution in [3.05, 3.63) is 30.1 Å². The van der Waals surface area contributed by atoms with Gasteiger partial charge < -0.3 is 15.2 Å². The van der Waals surface area contributed by atoms with E-state index in [1.807, 2.05) is 0 Å². The first-order valence-electron chi connectivity index (χ1n) is 5.48. The van der Waals surface area contributed by atoms with E-state index >= 15 is 0 Å². The summed E-state index contributed by atoms with van der Waals surface area (Å²) in [7, 11) is 2.74. The molecule has 0 aromatic heterocycles. The first-order chi connectivity index (χ1) is 8.95. The van der Waals surface area contributed by atoms with E-state index in [0.29, 0.717) is 5.69 Å². The Morgan fingerprint density at radius 1 is 1.42 bits per heavy atom. The van der Waals surface area contributed by atoms with Gasteiger partial charge in [0.2, 0.25) is 0 Å². The van der Waals surface area contributed by atoms with Crippen molar-refractivity contribution in [3.8, 4) is 0 Å². The number of nitrogens with one attached hydrogen (secondary N) is 1. The van der Waals surface area contributed by atoms with Gasteiger partial charge >= 0.3 is 12.0 Å². The lowest BCUT2D eigenvalue weighted by atomic mass is 10.3. The Bertz CT molecular complexity index is 450. The summed E-state index contributed by atoms with van der Waals surface area (Å²) in [5.41, 5.74) is 0.489. The minimum atomic E-state index is -1.16. The van der Waals surface area contributed by atoms with E-state index in [0.717, 1.165) is 0 Å². The van der Waals surface area contributed by atoms with Crippen LogP contribution in [0.4, 0.5) is 14.9 Å². The molecule has 7 heteroatoms. The summed E-state index contributed by atoms with van der Waals surface area (Å²) < 4.78 is 17.4. The van der Waals surface area contributed by atoms with Crippen LogP contribution in [-0.4, -0.2) is 43.9 Å². The molecule has 1 rings (SSSR count). The second-order valence-corrected chi connectivity index (χ2v) is 3.78. The number of hydrogen-bond donors (Lipinski definition) is 2. The van der Waals surface area contributed by atoms with Crippen molar-refractivity contribution in [2.45, 2.75) is 6.10 Å². The number of halogens is 1. The molecule has 19 heavy (non-hydrogen) atoms. The van der Waals surface area contributed by atoms with Gasteiger partial charge in [-0.1, -0.05) is 0 Å². The average Bonchev–Trinajstić information content (AvgIpc) is 2.38. The number of urea groups is 1. The van der Waals surface area contributed by atoms with Crippen LogP contribution in [-0.2, 0) is 9.53 Å². The van der Waals surface area contributed by atoms with E-state index in [9.17, 15) is 14.0 Å². The summed E-state index contributed by atoms with van der Waals surface area (Å²) in [5, 5.41) is 11.2. The zero-order valence-corrected chi connectivity index (χ0v) is 10.6. The van der Waals surface area contributed by atoms with Gasteiger partial charge in [0, 0.05) is 19.8 Å². The number of carboxylic acids is 1. The Hall–Kier alpha value is -2.15. The summed E-state index contributed by atoms with van der Waals surface area (Å²) in [5.74, 6) is -1.56. The maximum Gasteiger partial charge on any atom is 0.334 e. The minimum Gasteiger partial charge on any atom is -0.479 e. The summed E-state index contributed by atoms with van der Waals surface area (Å²) in [6.45, 7) is -0.157. The molecule has 0 spiro atoms. The lowest BCUT2D eigenvalue weighted by Gasteiger charge is -2.19. The molecule has 1 unspecified atom stereocenters. The highest BCUT2D eigenvalue weighted by molar-refractivity contribution is 5.91. The quantitative estimate of drug-likeness (QED) is 0.839. The molecule has 1 aromatic rings. The molecule has 6 nitrogen and oxygen atoms in total. The van der Waals surface area contributed by atoms with E-state index in [1.54, 1.807) is 0 Å². The standard InChI is InChI=1S/C12H15FN2O4/c1-15(9-5-3-8(13)4-6-9)12(18)14-7-10(19-2)11(16)17/h3-6,10H,7H2,1-2H3,(H,14,18)(H,16,17). The van der Waals surface area contributed by atoms with E-state index in [2.05, 4.69) is 10.1 Å². The first kappa shape index (κ1) is 14.9. The molecule has 0 aliphatic heterocycles. The molecular weight excluding hydrogens is 255 g/mol. The number of hydrogen-bond acceptors (Lipinski definition) is 3. The number of amides is 2. The molecule has 0 heterocycles. The third kappa shape index (κ3) is 4.22. The van der Waals surface area contributed by atoms with Crippen LogP contribution >= 0.6 is 0 Å². The van der Waals surface area contributed by atoms with Crippen LogP contribution in [0, 0.1) is 5.82 Å². The van der Waals surface area contributed by atoms with Crippen molar-refractivity contribution < 1.29 is 23.8 Å². The number of rotatable bonds is 5. The molecule has 2 amide bonds. The maximum absolute atomic E-state index is 12.7. The van der Waals surface area contributed by atoms with Gasteiger partial charge in [0.25, 0.3) is 0 Å². The molecule has 0 aliphatic rings. The van der Waals surface area contributed by atoms with Gasteiger partial charge in [-0.3, -0.25) is 4.90 Å². The van der Waals surface area contributed by atoms with Crippen molar-refractivity contribution in [2.24, 2.45) is 0 Å². The molecule has 1 atom stereocenters. The monoisotopic (exact) mass is 270 g/mol. The van der Waals surface area contributed by atoms with Crippen LogP contribution < -0.4 is 10.2 Å². The SMILES string of the molecule is COC(CNC(=O)N(C)c1ccc(F)cc1)C(=O)O. The highest BCUT2D eigenvalue weighted by Gasteiger charge is 2.18. The number of methoxy groups -OCH3 is 1. The third-order valence-electron chi connectivity index (χ3n) is 2.52. The van der Waals surface area contributed by atoms with Crippen LogP contribution in [0.2, 0.25) is 0 Å². The normalized spacial score (nSPS) is 11.7. The fourth-order valence-corrected chi connectivity index (χ4v) is 1.35. The van der Waals surface area contributed by atoms with Crippen LogP contribution in [0.5, 0.6) is 0 Å². The number of carbonyl (C=O) groups excluding carboxylic acids is 1. The third-order valence-corrected chi connectivity index (χ3v) is 2.52. The number of ether oxygens (including phenoxy) is 1. The van der Waals surface area contributed by atoms with Crippen LogP contribution in [0.3, 0.4) is 0 Å². The summed E-state index contributed by atoms with van der Waals surface area (Å²) in [6, 6.07) is 4.84. The second kappa shape index (κ2) is 6.69. The predicted octanol–water partition coefficient (Wildman–Crippen LogP) is 1.07. The van der Waals surface area contributed by atoms with E-state index in [-0.39, 0.29) is 6.54 Å². The average molecular weight is 270 g/mol. The lowest BCUT2D eigenvalue weighted by molar-refractivity contribution is -0.147. The molecule has 0 aliphatic carbocycles. The minimum absolute atomic E-state index is 0.157. The number of benzene rings is 1. The van der Waals surface area contributed by atoms with Crippen LogP contribution in [0.1, 0.15) is 0 Å². The highest BCUT2D eigenvalue weighted by Crippen LogP contribution is 2.12. The van der Waals surface area contributed by atoms with Gasteiger partial charge in [-0.05, 0) is 24.3 Å². The molecule has 1 aromatic carbocycles. The van der Waals surface area contributed by atoms with Crippen molar-refractivity contribution in [3.63, 3.8) is 0 Å². The molecule has 0 saturated carbocycles. The summed E-state index contributed by atoms with van der Waals surface area (Å²) >= 11 is 0. The van der Waals surface area contributed by atoms with Crippen molar-refractivity contribution in [1.29, 1.82) is 0 Å². The predicted molar refractivity (Wildman–Crippen MR) is 66.6 cm³/mol. The first-order valence-corrected chi connectivity index (χ1v) is 5.48. The number of carboxylic acid groups (broad SMARTS) is 1. The number of nitrogens with zero attached hydrogens (tertiary/aromatic N) is 1. The van der Waals surface area contributed by atoms with E-state index in [4.69, 9.17) is 5.11 Å². The number of carbonyl (C=O) groups is 2. The van der Waals surface area contributed by atoms with Gasteiger partial charge in [0.1, 0.15) is 5.82 Å². The molecule has 2 N–H and O–H groups in total. The zero-order chi connectivity index (χ0) is 14.4. The second-order valence-electron chi connectivity index (χ2n) is 3.78. The highest BCUT2D eigenvalue weighted by atomic mass is 19.1. The molecule has 0 fully saturated rings. The summed E-state index contributed by atoms with van der Waals surface area (Å²) in [6.07, 6.45) is -1.11. The Morgan fingerprint density at radius 3 is 2.47 bits per heavy atom. The lowest BCUT2D eigenvalue weighted by Crippen LogP contribution is -2.43. The maximum atomic E-state index is 12.7. The molecule has 0 radical (unpaired) electrons. The van der Waals surface area contributed by atoms with Crippen molar-refractivity contribution >= 4 is 17.7 Å². The van der Waals surface area contributed by atoms with Crippen LogP contribution in [0.15, 0.2) is 24.3 Å². The molecule has 0 bridgehead atoms. The topological polar surface area (TPSA) is 78.9 Å². The fraction of sp³-hybridized carbons (Fsp3) is 0.333. The Labute approximate surface area is 109 Å². The van der Waals surface area contributed by atoms with Crippen molar-refractivity contribution in [1.82, 2.24) is 5.32 Å². The van der Waals surface area contributed by atoms with Crippen molar-refractivity contribution in [2.75, 3.05) is 25.6 Å². The number of anilines is 1. The van der Waals surface area contributed by atoms with Gasteiger partial charge in [-0.2, -0.15) is 0 Å². The zero-order valence-electron chi connectivity index (χ0n) is 10.6. The molecule has 104 valence electrons. The van der Waals surface area contributed by atoms with Gasteiger partial charge in [-0.25, -0.2) is 14.0 Å². The van der Waals surface area contributed by atoms with E-state index < -0.39 is 23.9 Å². The summed E-state index contributed by atoms with van der Waals surface area (Å²) in [4.78, 5) is 23.7. The van der Waals surface area contributed by atoms with E-state index in [1.165, 1.54) is 43.3 Å². The molecular formula is C12H15FN2O4. The Balaban J connectivity index is 2.58. The van der Waals surface area contributed by atoms with Gasteiger partial charge in [0.15, 0.2) is 6.10 Å². The fourth-order valence-electron chi connectivity index (χ4n) is 1.35. The largest absolute Gasteiger partial charge is 0.479 e. The smallest absolute Gasteiger partial charge is 0.334 e. The van der Waals surface area contributed by atoms with Gasteiger partial charge in [-0.15, -0.1) is 0 Å². The molecule has 0 saturated heterocycles.